The summed E-state index contributed by atoms with van der Waals surface area (Å²) in [5.41, 5.74) is 2.56. The van der Waals surface area contributed by atoms with Gasteiger partial charge in [-0.25, -0.2) is 0 Å². The Morgan fingerprint density at radius 2 is 1.90 bits per heavy atom. The van der Waals surface area contributed by atoms with Crippen LogP contribution in [0.3, 0.4) is 0 Å². The fourth-order valence-electron chi connectivity index (χ4n) is 2.43. The summed E-state index contributed by atoms with van der Waals surface area (Å²) in [5, 5.41) is 3.41. The quantitative estimate of drug-likeness (QED) is 0.801. The maximum atomic E-state index is 5.87. The highest BCUT2D eigenvalue weighted by atomic mass is 16.5. The van der Waals surface area contributed by atoms with E-state index >= 15 is 0 Å². The summed E-state index contributed by atoms with van der Waals surface area (Å²) in [4.78, 5) is 4.06. The standard InChI is InChI=1S/C18H24N2O/c1-3-14-21-18-7-5-4-6-16(18)17(19-2)9-8-15-10-12-20-13-11-15/h4-7,10-13,17,19H,3,8-9,14H2,1-2H3. The fraction of sp³-hybridized carbons (Fsp3) is 0.389. The van der Waals surface area contributed by atoms with E-state index in [1.165, 1.54) is 11.1 Å². The second-order valence-electron chi connectivity index (χ2n) is 5.12. The Hall–Kier alpha value is -1.87. The Kier molecular flexibility index (Phi) is 6.22. The normalized spacial score (nSPS) is 12.1. The highest BCUT2D eigenvalue weighted by Gasteiger charge is 2.14. The largest absolute Gasteiger partial charge is 0.493 e. The summed E-state index contributed by atoms with van der Waals surface area (Å²) in [6.45, 7) is 2.89. The third-order valence-corrected chi connectivity index (χ3v) is 3.58. The van der Waals surface area contributed by atoms with Crippen LogP contribution < -0.4 is 10.1 Å². The van der Waals surface area contributed by atoms with Crippen molar-refractivity contribution in [1.82, 2.24) is 10.3 Å². The molecule has 1 N–H and O–H groups in total. The van der Waals surface area contributed by atoms with E-state index in [1.807, 2.05) is 25.5 Å². The van der Waals surface area contributed by atoms with Gasteiger partial charge in [-0.3, -0.25) is 4.98 Å². The van der Waals surface area contributed by atoms with Gasteiger partial charge in [0.2, 0.25) is 0 Å². The predicted molar refractivity (Wildman–Crippen MR) is 86.6 cm³/mol. The molecule has 0 amide bonds. The number of rotatable bonds is 8. The Labute approximate surface area is 127 Å². The van der Waals surface area contributed by atoms with Crippen LogP contribution in [0, 0.1) is 0 Å². The van der Waals surface area contributed by atoms with Gasteiger partial charge >= 0.3 is 0 Å². The number of nitrogens with one attached hydrogen (secondary N) is 1. The number of hydrogen-bond donors (Lipinski definition) is 1. The van der Waals surface area contributed by atoms with Gasteiger partial charge in [-0.1, -0.05) is 25.1 Å². The molecule has 1 aromatic carbocycles. The molecule has 2 aromatic rings. The number of nitrogens with zero attached hydrogens (tertiary/aromatic N) is 1. The van der Waals surface area contributed by atoms with E-state index in [2.05, 4.69) is 47.6 Å². The number of hydrogen-bond acceptors (Lipinski definition) is 3. The van der Waals surface area contributed by atoms with Crippen molar-refractivity contribution in [1.29, 1.82) is 0 Å². The van der Waals surface area contributed by atoms with Gasteiger partial charge in [-0.15, -0.1) is 0 Å². The summed E-state index contributed by atoms with van der Waals surface area (Å²) in [6.07, 6.45) is 6.78. The number of aromatic nitrogens is 1. The highest BCUT2D eigenvalue weighted by Crippen LogP contribution is 2.28. The maximum Gasteiger partial charge on any atom is 0.124 e. The lowest BCUT2D eigenvalue weighted by Crippen LogP contribution is -2.18. The van der Waals surface area contributed by atoms with Crippen LogP contribution in [-0.4, -0.2) is 18.6 Å². The zero-order valence-corrected chi connectivity index (χ0v) is 12.9. The number of ether oxygens (including phenoxy) is 1. The molecule has 1 aromatic heterocycles. The van der Waals surface area contributed by atoms with E-state index in [0.717, 1.165) is 31.6 Å². The number of para-hydroxylation sites is 1. The number of pyridine rings is 1. The molecular weight excluding hydrogens is 260 g/mol. The number of aryl methyl sites for hydroxylation is 1. The second-order valence-corrected chi connectivity index (χ2v) is 5.12. The molecular formula is C18H24N2O. The Morgan fingerprint density at radius 3 is 2.62 bits per heavy atom. The lowest BCUT2D eigenvalue weighted by atomic mass is 9.98. The smallest absolute Gasteiger partial charge is 0.124 e. The van der Waals surface area contributed by atoms with Crippen molar-refractivity contribution in [3.63, 3.8) is 0 Å². The third-order valence-electron chi connectivity index (χ3n) is 3.58. The van der Waals surface area contributed by atoms with E-state index in [1.54, 1.807) is 0 Å². The van der Waals surface area contributed by atoms with E-state index in [0.29, 0.717) is 6.04 Å². The molecule has 0 aliphatic heterocycles. The van der Waals surface area contributed by atoms with Crippen LogP contribution in [0.4, 0.5) is 0 Å². The molecule has 0 radical (unpaired) electrons. The molecule has 0 saturated heterocycles. The van der Waals surface area contributed by atoms with Crippen molar-refractivity contribution in [2.45, 2.75) is 32.2 Å². The van der Waals surface area contributed by atoms with Gasteiger partial charge in [-0.2, -0.15) is 0 Å². The molecule has 3 heteroatoms. The van der Waals surface area contributed by atoms with Crippen LogP contribution >= 0.6 is 0 Å². The summed E-state index contributed by atoms with van der Waals surface area (Å²) in [6, 6.07) is 12.8. The molecule has 0 fully saturated rings. The van der Waals surface area contributed by atoms with Crippen LogP contribution in [0.5, 0.6) is 5.75 Å². The van der Waals surface area contributed by atoms with E-state index in [4.69, 9.17) is 4.74 Å². The molecule has 0 aliphatic rings. The first kappa shape index (κ1) is 15.5. The topological polar surface area (TPSA) is 34.1 Å². The lowest BCUT2D eigenvalue weighted by molar-refractivity contribution is 0.310. The van der Waals surface area contributed by atoms with Crippen LogP contribution in [0.1, 0.15) is 36.9 Å². The van der Waals surface area contributed by atoms with Gasteiger partial charge < -0.3 is 10.1 Å². The summed E-state index contributed by atoms with van der Waals surface area (Å²) >= 11 is 0. The highest BCUT2D eigenvalue weighted by molar-refractivity contribution is 5.36. The Morgan fingerprint density at radius 1 is 1.14 bits per heavy atom. The Balaban J connectivity index is 2.06. The van der Waals surface area contributed by atoms with Gasteiger partial charge in [0.25, 0.3) is 0 Å². The average Bonchev–Trinajstić information content (AvgIpc) is 2.55. The first-order valence-corrected chi connectivity index (χ1v) is 7.63. The number of benzene rings is 1. The molecule has 2 rings (SSSR count). The van der Waals surface area contributed by atoms with Crippen molar-refractivity contribution in [3.8, 4) is 5.75 Å². The molecule has 1 atom stereocenters. The third kappa shape index (κ3) is 4.57. The molecule has 0 spiro atoms. The van der Waals surface area contributed by atoms with E-state index in [9.17, 15) is 0 Å². The zero-order valence-electron chi connectivity index (χ0n) is 12.9. The summed E-state index contributed by atoms with van der Waals surface area (Å²) in [7, 11) is 2.01. The minimum atomic E-state index is 0.297. The van der Waals surface area contributed by atoms with Gasteiger partial charge in [0.15, 0.2) is 0 Å². The van der Waals surface area contributed by atoms with Gasteiger partial charge in [0.1, 0.15) is 5.75 Å². The zero-order chi connectivity index (χ0) is 14.9. The first-order chi connectivity index (χ1) is 10.3. The molecule has 0 bridgehead atoms. The molecule has 3 nitrogen and oxygen atoms in total. The SMILES string of the molecule is CCCOc1ccccc1C(CCc1ccncc1)NC. The van der Waals surface area contributed by atoms with Crippen LogP contribution in [0.25, 0.3) is 0 Å². The molecule has 1 heterocycles. The predicted octanol–water partition coefficient (Wildman–Crippen LogP) is 3.76. The van der Waals surface area contributed by atoms with Crippen molar-refractivity contribution >= 4 is 0 Å². The van der Waals surface area contributed by atoms with E-state index in [-0.39, 0.29) is 0 Å². The van der Waals surface area contributed by atoms with Gasteiger partial charge in [-0.05, 0) is 50.1 Å². The van der Waals surface area contributed by atoms with Crippen LogP contribution in [0.2, 0.25) is 0 Å². The van der Waals surface area contributed by atoms with Gasteiger partial charge in [0, 0.05) is 24.0 Å². The van der Waals surface area contributed by atoms with Crippen LogP contribution in [-0.2, 0) is 6.42 Å². The van der Waals surface area contributed by atoms with Crippen molar-refractivity contribution in [2.24, 2.45) is 0 Å². The second kappa shape index (κ2) is 8.42. The van der Waals surface area contributed by atoms with Crippen molar-refractivity contribution < 1.29 is 4.74 Å². The van der Waals surface area contributed by atoms with Crippen LogP contribution in [0.15, 0.2) is 48.8 Å². The van der Waals surface area contributed by atoms with Gasteiger partial charge in [0.05, 0.1) is 6.61 Å². The fourth-order valence-corrected chi connectivity index (χ4v) is 2.43. The summed E-state index contributed by atoms with van der Waals surface area (Å²) < 4.78 is 5.87. The van der Waals surface area contributed by atoms with Crippen molar-refractivity contribution in [3.05, 3.63) is 59.9 Å². The molecule has 0 saturated carbocycles. The lowest BCUT2D eigenvalue weighted by Gasteiger charge is -2.20. The first-order valence-electron chi connectivity index (χ1n) is 7.63. The summed E-state index contributed by atoms with van der Waals surface area (Å²) in [5.74, 6) is 0.994. The molecule has 1 unspecified atom stereocenters. The monoisotopic (exact) mass is 284 g/mol. The van der Waals surface area contributed by atoms with E-state index < -0.39 is 0 Å². The average molecular weight is 284 g/mol. The Bertz CT molecular complexity index is 528. The van der Waals surface area contributed by atoms with Crippen molar-refractivity contribution in [2.75, 3.05) is 13.7 Å². The molecule has 0 aliphatic carbocycles. The minimum absolute atomic E-state index is 0.297. The minimum Gasteiger partial charge on any atom is -0.493 e. The molecule has 112 valence electrons. The maximum absolute atomic E-state index is 5.87. The molecule has 21 heavy (non-hydrogen) atoms.